The predicted molar refractivity (Wildman–Crippen MR) is 268 cm³/mol. The van der Waals surface area contributed by atoms with Crippen molar-refractivity contribution in [3.63, 3.8) is 0 Å². The lowest BCUT2D eigenvalue weighted by atomic mass is 9.67. The molecule has 4 aromatic carbocycles. The van der Waals surface area contributed by atoms with E-state index in [0.717, 1.165) is 83.4 Å². The second-order valence-corrected chi connectivity index (χ2v) is 23.5. The van der Waals surface area contributed by atoms with E-state index in [1.807, 2.05) is 65.1 Å². The van der Waals surface area contributed by atoms with Crippen LogP contribution in [-0.2, 0) is 32.0 Å². The van der Waals surface area contributed by atoms with Gasteiger partial charge in [-0.3, -0.25) is 0 Å². The summed E-state index contributed by atoms with van der Waals surface area (Å²) in [6, 6.07) is 33.1. The van der Waals surface area contributed by atoms with Gasteiger partial charge in [-0.25, -0.2) is 0 Å². The molecule has 0 unspecified atom stereocenters. The number of aryl methyl sites for hydroxylation is 2. The first-order valence-corrected chi connectivity index (χ1v) is 29.6. The Hall–Kier alpha value is -2.63. The van der Waals surface area contributed by atoms with E-state index in [4.69, 9.17) is 36.0 Å². The van der Waals surface area contributed by atoms with E-state index < -0.39 is 23.0 Å². The first kappa shape index (κ1) is 51.4. The first-order chi connectivity index (χ1) is 30.8. The van der Waals surface area contributed by atoms with Gasteiger partial charge in [-0.2, -0.15) is 23.5 Å². The van der Waals surface area contributed by atoms with Crippen LogP contribution in [0.25, 0.3) is 11.1 Å². The summed E-state index contributed by atoms with van der Waals surface area (Å²) in [6.45, 7) is 21.5. The Bertz CT molecular complexity index is 1790. The molecule has 0 saturated heterocycles. The van der Waals surface area contributed by atoms with Crippen LogP contribution in [0.2, 0.25) is 12.1 Å². The van der Waals surface area contributed by atoms with E-state index in [-0.39, 0.29) is 0 Å². The quantitative estimate of drug-likeness (QED) is 0.0307. The van der Waals surface area contributed by atoms with Gasteiger partial charge >= 0.3 is 17.6 Å². The lowest BCUT2D eigenvalue weighted by Gasteiger charge is -2.34. The zero-order valence-electron chi connectivity index (χ0n) is 39.4. The van der Waals surface area contributed by atoms with Gasteiger partial charge in [0.1, 0.15) is 11.5 Å². The van der Waals surface area contributed by atoms with Crippen LogP contribution in [0.4, 0.5) is 0 Å². The maximum absolute atomic E-state index is 6.44. The normalized spacial score (nSPS) is 13.3. The number of fused-ring (bicyclic) bond motifs is 3. The molecule has 0 fully saturated rings. The van der Waals surface area contributed by atoms with Crippen LogP contribution >= 0.6 is 23.5 Å². The van der Waals surface area contributed by atoms with Crippen LogP contribution in [0.3, 0.4) is 0 Å². The number of rotatable bonds is 32. The Balaban J connectivity index is 1.22. The molecule has 4 aromatic rings. The Kier molecular flexibility index (Phi) is 21.6. The summed E-state index contributed by atoms with van der Waals surface area (Å²) in [5.74, 6) is 6.06. The minimum absolute atomic E-state index is 0.493. The van der Waals surface area contributed by atoms with Crippen molar-refractivity contribution >= 4 is 41.1 Å². The van der Waals surface area contributed by atoms with Crippen molar-refractivity contribution in [1.82, 2.24) is 0 Å². The third-order valence-electron chi connectivity index (χ3n) is 11.3. The van der Waals surface area contributed by atoms with E-state index >= 15 is 0 Å². The van der Waals surface area contributed by atoms with E-state index in [2.05, 4.69) is 98.8 Å². The van der Waals surface area contributed by atoms with Gasteiger partial charge in [0.25, 0.3) is 0 Å². The van der Waals surface area contributed by atoms with Gasteiger partial charge in [-0.05, 0) is 161 Å². The van der Waals surface area contributed by atoms with Crippen molar-refractivity contribution in [3.05, 3.63) is 118 Å². The summed E-state index contributed by atoms with van der Waals surface area (Å²) in [5.41, 5.74) is 9.41. The van der Waals surface area contributed by atoms with Crippen LogP contribution in [0.15, 0.2) is 84.9 Å². The maximum Gasteiger partial charge on any atom is 0.500 e. The molecule has 0 radical (unpaired) electrons. The monoisotopic (exact) mass is 934 g/mol. The largest absolute Gasteiger partial charge is 0.500 e. The standard InChI is InChI=1S/C51H74O8S2Si2/c1-9-54-62(55-10-2,56-11-3)37-21-35-60-33-19-31-52-49-29-27-43(39-41(49)7)51(47-25-17-15-23-45(47)46-24-16-18-26-48(46)51)44-28-30-50(42(8)40-44)53-32-20-34-61-36-22-38-63(57-12-4,58-13-5)59-14-6/h15-18,23-30,39-40H,9-14,19-22,31-38H2,1-8H3. The number of hydrogen-bond acceptors (Lipinski definition) is 10. The van der Waals surface area contributed by atoms with Crippen LogP contribution in [0.5, 0.6) is 11.5 Å². The summed E-state index contributed by atoms with van der Waals surface area (Å²) in [4.78, 5) is 0. The molecule has 0 amide bonds. The van der Waals surface area contributed by atoms with Crippen molar-refractivity contribution in [2.45, 2.75) is 98.6 Å². The highest BCUT2D eigenvalue weighted by molar-refractivity contribution is 7.99. The van der Waals surface area contributed by atoms with Crippen molar-refractivity contribution in [2.75, 3.05) is 75.9 Å². The van der Waals surface area contributed by atoms with Gasteiger partial charge in [0.2, 0.25) is 0 Å². The van der Waals surface area contributed by atoms with E-state index in [1.54, 1.807) is 0 Å². The summed E-state index contributed by atoms with van der Waals surface area (Å²) < 4.78 is 49.1. The van der Waals surface area contributed by atoms with E-state index in [9.17, 15) is 0 Å². The SMILES string of the molecule is CCO[Si](CCCSCCCOc1ccc(C2(c3ccc(OCCCSCCC[Si](OCC)(OCC)OCC)c(C)c3)c3ccccc3-c3ccccc32)cc1C)(OCC)OCC. The van der Waals surface area contributed by atoms with E-state index in [0.29, 0.717) is 52.9 Å². The van der Waals surface area contributed by atoms with Crippen LogP contribution in [0, 0.1) is 13.8 Å². The molecule has 1 aliphatic carbocycles. The minimum Gasteiger partial charge on any atom is -0.493 e. The molecule has 63 heavy (non-hydrogen) atoms. The summed E-state index contributed by atoms with van der Waals surface area (Å²) in [5, 5.41) is 0. The number of ether oxygens (including phenoxy) is 2. The Morgan fingerprint density at radius 2 is 0.794 bits per heavy atom. The fraction of sp³-hybridized carbons (Fsp3) is 0.529. The van der Waals surface area contributed by atoms with Gasteiger partial charge in [0.15, 0.2) is 0 Å². The van der Waals surface area contributed by atoms with Crippen molar-refractivity contribution in [1.29, 1.82) is 0 Å². The third-order valence-corrected chi connectivity index (χ3v) is 19.9. The van der Waals surface area contributed by atoms with Gasteiger partial charge in [0.05, 0.1) is 18.6 Å². The number of benzene rings is 4. The molecular formula is C51H74O8S2Si2. The second-order valence-electron chi connectivity index (χ2n) is 15.6. The predicted octanol–water partition coefficient (Wildman–Crippen LogP) is 12.5. The lowest BCUT2D eigenvalue weighted by molar-refractivity contribution is 0.0704. The zero-order valence-corrected chi connectivity index (χ0v) is 43.0. The first-order valence-electron chi connectivity index (χ1n) is 23.4. The molecule has 0 aliphatic heterocycles. The van der Waals surface area contributed by atoms with Crippen LogP contribution in [0.1, 0.15) is 101 Å². The highest BCUT2D eigenvalue weighted by Crippen LogP contribution is 2.56. The fourth-order valence-electron chi connectivity index (χ4n) is 8.79. The van der Waals surface area contributed by atoms with Crippen molar-refractivity contribution < 1.29 is 36.0 Å². The Labute approximate surface area is 390 Å². The molecule has 0 saturated carbocycles. The van der Waals surface area contributed by atoms with Crippen LogP contribution < -0.4 is 9.47 Å². The van der Waals surface area contributed by atoms with Crippen LogP contribution in [-0.4, -0.2) is 93.5 Å². The highest BCUT2D eigenvalue weighted by Gasteiger charge is 2.46. The van der Waals surface area contributed by atoms with Gasteiger partial charge in [-0.15, -0.1) is 0 Å². The third kappa shape index (κ3) is 13.3. The number of thioether (sulfide) groups is 2. The molecule has 12 heteroatoms. The van der Waals surface area contributed by atoms with Crippen molar-refractivity contribution in [3.8, 4) is 22.6 Å². The lowest BCUT2D eigenvalue weighted by Crippen LogP contribution is -2.46. The molecule has 8 nitrogen and oxygen atoms in total. The summed E-state index contributed by atoms with van der Waals surface area (Å²) in [6.07, 6.45) is 4.00. The Morgan fingerprint density at radius 3 is 1.14 bits per heavy atom. The summed E-state index contributed by atoms with van der Waals surface area (Å²) >= 11 is 3.92. The van der Waals surface area contributed by atoms with Gasteiger partial charge < -0.3 is 36.0 Å². The molecular weight excluding hydrogens is 861 g/mol. The number of hydrogen-bond donors (Lipinski definition) is 0. The second kappa shape index (κ2) is 26.5. The van der Waals surface area contributed by atoms with E-state index in [1.165, 1.54) is 33.4 Å². The minimum atomic E-state index is -2.58. The fourth-order valence-corrected chi connectivity index (χ4v) is 16.3. The molecule has 346 valence electrons. The molecule has 0 bridgehead atoms. The highest BCUT2D eigenvalue weighted by atomic mass is 32.2. The Morgan fingerprint density at radius 1 is 0.444 bits per heavy atom. The summed E-state index contributed by atoms with van der Waals surface area (Å²) in [7, 11) is -5.16. The molecule has 5 rings (SSSR count). The molecule has 0 spiro atoms. The average Bonchev–Trinajstić information content (AvgIpc) is 3.58. The van der Waals surface area contributed by atoms with Gasteiger partial charge in [0, 0.05) is 51.7 Å². The molecule has 0 heterocycles. The average molecular weight is 935 g/mol. The zero-order chi connectivity index (χ0) is 45.0. The van der Waals surface area contributed by atoms with Crippen molar-refractivity contribution in [2.24, 2.45) is 0 Å². The smallest absolute Gasteiger partial charge is 0.493 e. The van der Waals surface area contributed by atoms with Gasteiger partial charge in [-0.1, -0.05) is 72.8 Å². The molecule has 1 aliphatic rings. The molecule has 0 aromatic heterocycles. The molecule has 0 N–H and O–H groups in total. The topological polar surface area (TPSA) is 73.8 Å². The maximum atomic E-state index is 6.44. The molecule has 0 atom stereocenters.